The van der Waals surface area contributed by atoms with Crippen LogP contribution in [0.5, 0.6) is 0 Å². The van der Waals surface area contributed by atoms with Crippen LogP contribution in [0.15, 0.2) is 77.7 Å². The summed E-state index contributed by atoms with van der Waals surface area (Å²) in [5.41, 5.74) is 2.83. The van der Waals surface area contributed by atoms with Gasteiger partial charge in [-0.1, -0.05) is 54.4 Å². The maximum Gasteiger partial charge on any atom is 0.264 e. The molecule has 9 heteroatoms. The van der Waals surface area contributed by atoms with Crippen LogP contribution < -0.4 is 9.62 Å². The number of rotatable bonds is 11. The highest BCUT2D eigenvalue weighted by molar-refractivity contribution is 7.92. The molecule has 0 aliphatic carbocycles. The Hall–Kier alpha value is -3.72. The Bertz CT molecular complexity index is 1360. The second-order valence-electron chi connectivity index (χ2n) is 9.13. The summed E-state index contributed by atoms with van der Waals surface area (Å²) in [6.07, 6.45) is 0.338. The van der Waals surface area contributed by atoms with Crippen LogP contribution in [-0.4, -0.2) is 44.3 Å². The van der Waals surface area contributed by atoms with E-state index in [2.05, 4.69) is 5.32 Å². The number of nitrogens with zero attached hydrogens (tertiary/aromatic N) is 2. The first kappa shape index (κ1) is 28.8. The summed E-state index contributed by atoms with van der Waals surface area (Å²) >= 11 is 0. The molecule has 0 fully saturated rings. The molecular formula is C29H34FN3O4S. The lowest BCUT2D eigenvalue weighted by Gasteiger charge is -2.33. The molecule has 0 radical (unpaired) electrons. The number of hydrogen-bond donors (Lipinski definition) is 1. The average Bonchev–Trinajstić information content (AvgIpc) is 2.88. The molecular weight excluding hydrogens is 505 g/mol. The minimum absolute atomic E-state index is 0.00114. The molecule has 0 heterocycles. The van der Waals surface area contributed by atoms with Crippen LogP contribution in [0.3, 0.4) is 0 Å². The molecule has 0 bridgehead atoms. The van der Waals surface area contributed by atoms with Gasteiger partial charge in [0, 0.05) is 13.1 Å². The van der Waals surface area contributed by atoms with E-state index in [4.69, 9.17) is 0 Å². The molecule has 0 saturated heterocycles. The van der Waals surface area contributed by atoms with Crippen LogP contribution in [-0.2, 0) is 26.2 Å². The summed E-state index contributed by atoms with van der Waals surface area (Å²) in [7, 11) is -4.19. The second-order valence-corrected chi connectivity index (χ2v) is 11.0. The molecule has 0 aliphatic heterocycles. The number of likely N-dealkylation sites (N-methyl/N-ethyl adjacent to an activating group) is 1. The van der Waals surface area contributed by atoms with E-state index in [-0.39, 0.29) is 23.0 Å². The van der Waals surface area contributed by atoms with Crippen LogP contribution in [0.4, 0.5) is 10.1 Å². The summed E-state index contributed by atoms with van der Waals surface area (Å²) in [4.78, 5) is 28.3. The number of benzene rings is 3. The lowest BCUT2D eigenvalue weighted by atomic mass is 10.1. The molecule has 3 rings (SSSR count). The van der Waals surface area contributed by atoms with E-state index < -0.39 is 34.3 Å². The van der Waals surface area contributed by atoms with Crippen molar-refractivity contribution in [1.82, 2.24) is 10.2 Å². The molecule has 0 spiro atoms. The summed E-state index contributed by atoms with van der Waals surface area (Å²) in [6, 6.07) is 18.0. The molecule has 1 unspecified atom stereocenters. The molecule has 38 heavy (non-hydrogen) atoms. The summed E-state index contributed by atoms with van der Waals surface area (Å²) in [6.45, 7) is 7.32. The Labute approximate surface area is 224 Å². The van der Waals surface area contributed by atoms with Gasteiger partial charge >= 0.3 is 0 Å². The van der Waals surface area contributed by atoms with Crippen LogP contribution in [0.25, 0.3) is 0 Å². The van der Waals surface area contributed by atoms with Gasteiger partial charge in [0.1, 0.15) is 18.4 Å². The van der Waals surface area contributed by atoms with E-state index in [1.807, 2.05) is 38.1 Å². The summed E-state index contributed by atoms with van der Waals surface area (Å²) in [5.74, 6) is -1.40. The third kappa shape index (κ3) is 6.98. The molecule has 0 saturated carbocycles. The highest BCUT2D eigenvalue weighted by atomic mass is 32.2. The third-order valence-electron chi connectivity index (χ3n) is 6.17. The average molecular weight is 540 g/mol. The van der Waals surface area contributed by atoms with Gasteiger partial charge in [0.25, 0.3) is 10.0 Å². The molecule has 2 amide bonds. The van der Waals surface area contributed by atoms with Crippen molar-refractivity contribution in [3.8, 4) is 0 Å². The fourth-order valence-corrected chi connectivity index (χ4v) is 5.61. The Morgan fingerprint density at radius 2 is 1.58 bits per heavy atom. The van der Waals surface area contributed by atoms with Crippen molar-refractivity contribution in [2.24, 2.45) is 0 Å². The quantitative estimate of drug-likeness (QED) is 0.387. The molecule has 0 aromatic heterocycles. The number of aryl methyl sites for hydroxylation is 2. The van der Waals surface area contributed by atoms with Gasteiger partial charge in [0.15, 0.2) is 0 Å². The number of sulfonamides is 1. The van der Waals surface area contributed by atoms with Crippen molar-refractivity contribution in [2.75, 3.05) is 17.4 Å². The lowest BCUT2D eigenvalue weighted by molar-refractivity contribution is -0.140. The monoisotopic (exact) mass is 539 g/mol. The van der Waals surface area contributed by atoms with E-state index in [9.17, 15) is 22.4 Å². The zero-order valence-corrected chi connectivity index (χ0v) is 23.0. The molecule has 3 aromatic carbocycles. The summed E-state index contributed by atoms with van der Waals surface area (Å²) in [5, 5.41) is 2.78. The molecule has 7 nitrogen and oxygen atoms in total. The number of anilines is 1. The zero-order valence-electron chi connectivity index (χ0n) is 22.1. The number of carbonyl (C=O) groups is 2. The summed E-state index contributed by atoms with van der Waals surface area (Å²) < 4.78 is 42.2. The van der Waals surface area contributed by atoms with Crippen molar-refractivity contribution in [3.05, 3.63) is 95.3 Å². The van der Waals surface area contributed by atoms with Crippen molar-refractivity contribution in [2.45, 2.75) is 51.6 Å². The molecule has 1 atom stereocenters. The number of nitrogens with one attached hydrogen (secondary N) is 1. The van der Waals surface area contributed by atoms with Gasteiger partial charge in [-0.15, -0.1) is 0 Å². The van der Waals surface area contributed by atoms with Crippen LogP contribution in [0.2, 0.25) is 0 Å². The van der Waals surface area contributed by atoms with Crippen LogP contribution in [0, 0.1) is 19.7 Å². The lowest BCUT2D eigenvalue weighted by Crippen LogP contribution is -2.52. The number of carbonyl (C=O) groups excluding carboxylic acids is 2. The Morgan fingerprint density at radius 1 is 0.921 bits per heavy atom. The van der Waals surface area contributed by atoms with Gasteiger partial charge in [0.2, 0.25) is 11.8 Å². The Kier molecular flexibility index (Phi) is 9.63. The molecule has 3 aromatic rings. The van der Waals surface area contributed by atoms with E-state index in [1.54, 1.807) is 26.0 Å². The topological polar surface area (TPSA) is 86.8 Å². The van der Waals surface area contributed by atoms with E-state index in [0.717, 1.165) is 33.1 Å². The van der Waals surface area contributed by atoms with Gasteiger partial charge in [-0.3, -0.25) is 13.9 Å². The predicted molar refractivity (Wildman–Crippen MR) is 147 cm³/mol. The fourth-order valence-electron chi connectivity index (χ4n) is 4.19. The maximum atomic E-state index is 13.9. The standard InChI is InChI=1S/C29H34FN3O4S/c1-5-27(29(35)31-6-2)32(19-23-9-7-8-22(4)18-23)28(34)20-33(25-14-12-24(30)13-15-25)38(36,37)26-16-10-21(3)11-17-26/h7-18,27H,5-6,19-20H2,1-4H3,(H,31,35). The first-order chi connectivity index (χ1) is 18.1. The number of amides is 2. The van der Waals surface area contributed by atoms with Gasteiger partial charge in [-0.2, -0.15) is 0 Å². The maximum absolute atomic E-state index is 13.9. The minimum atomic E-state index is -4.19. The van der Waals surface area contributed by atoms with Crippen LogP contribution >= 0.6 is 0 Å². The van der Waals surface area contributed by atoms with Gasteiger partial charge < -0.3 is 10.2 Å². The second kappa shape index (κ2) is 12.7. The predicted octanol–water partition coefficient (Wildman–Crippen LogP) is 4.58. The smallest absolute Gasteiger partial charge is 0.264 e. The first-order valence-electron chi connectivity index (χ1n) is 12.5. The van der Waals surface area contributed by atoms with E-state index >= 15 is 0 Å². The SMILES string of the molecule is CCNC(=O)C(CC)N(Cc1cccc(C)c1)C(=O)CN(c1ccc(F)cc1)S(=O)(=O)c1ccc(C)cc1. The number of hydrogen-bond acceptors (Lipinski definition) is 4. The van der Waals surface area contributed by atoms with Crippen LogP contribution in [0.1, 0.15) is 37.0 Å². The highest BCUT2D eigenvalue weighted by Gasteiger charge is 2.33. The van der Waals surface area contributed by atoms with Gasteiger partial charge in [-0.05, 0) is 69.2 Å². The van der Waals surface area contributed by atoms with Gasteiger partial charge in [0.05, 0.1) is 10.6 Å². The van der Waals surface area contributed by atoms with Crippen molar-refractivity contribution >= 4 is 27.5 Å². The fraction of sp³-hybridized carbons (Fsp3) is 0.310. The van der Waals surface area contributed by atoms with E-state index in [0.29, 0.717) is 13.0 Å². The molecule has 1 N–H and O–H groups in total. The normalized spacial score (nSPS) is 12.0. The molecule has 0 aliphatic rings. The zero-order chi connectivity index (χ0) is 27.9. The van der Waals surface area contributed by atoms with Crippen molar-refractivity contribution < 1.29 is 22.4 Å². The third-order valence-corrected chi connectivity index (χ3v) is 7.96. The van der Waals surface area contributed by atoms with Crippen molar-refractivity contribution in [1.29, 1.82) is 0 Å². The largest absolute Gasteiger partial charge is 0.355 e. The van der Waals surface area contributed by atoms with E-state index in [1.165, 1.54) is 29.2 Å². The minimum Gasteiger partial charge on any atom is -0.355 e. The highest BCUT2D eigenvalue weighted by Crippen LogP contribution is 2.25. The van der Waals surface area contributed by atoms with Crippen molar-refractivity contribution in [3.63, 3.8) is 0 Å². The number of halogens is 1. The van der Waals surface area contributed by atoms with Gasteiger partial charge in [-0.25, -0.2) is 12.8 Å². The molecule has 202 valence electrons. The Balaban J connectivity index is 2.05. The first-order valence-corrected chi connectivity index (χ1v) is 14.0. The Morgan fingerprint density at radius 3 is 2.16 bits per heavy atom.